The predicted octanol–water partition coefficient (Wildman–Crippen LogP) is 4.41. The quantitative estimate of drug-likeness (QED) is 0.518. The number of nitrogens with zero attached hydrogens (tertiary/aromatic N) is 3. The van der Waals surface area contributed by atoms with E-state index in [0.717, 1.165) is 18.4 Å². The van der Waals surface area contributed by atoms with Crippen LogP contribution in [-0.2, 0) is 11.3 Å². The van der Waals surface area contributed by atoms with Gasteiger partial charge in [0.05, 0.1) is 6.61 Å². The number of carbonyl (C=O) groups is 2. The largest absolute Gasteiger partial charge is 0.493 e. The topological polar surface area (TPSA) is 78.5 Å². The fourth-order valence-electron chi connectivity index (χ4n) is 4.43. The number of aromatic nitrogens is 2. The zero-order valence-corrected chi connectivity index (χ0v) is 20.0. The summed E-state index contributed by atoms with van der Waals surface area (Å²) in [5.41, 5.74) is 1.000. The van der Waals surface area contributed by atoms with Crippen molar-refractivity contribution < 1.29 is 14.3 Å². The van der Waals surface area contributed by atoms with Crippen molar-refractivity contribution in [3.05, 3.63) is 83.1 Å². The number of benzene rings is 2. The maximum Gasteiger partial charge on any atom is 0.271 e. The summed E-state index contributed by atoms with van der Waals surface area (Å²) in [4.78, 5) is 29.9. The summed E-state index contributed by atoms with van der Waals surface area (Å²) in [5.74, 6) is 0.554. The molecule has 2 heterocycles. The Bertz CT molecular complexity index is 1110. The minimum Gasteiger partial charge on any atom is -0.493 e. The Balaban J connectivity index is 1.51. The van der Waals surface area contributed by atoms with E-state index in [2.05, 4.69) is 10.2 Å². The second kappa shape index (κ2) is 10.7. The summed E-state index contributed by atoms with van der Waals surface area (Å²) in [6.45, 7) is 1.90. The van der Waals surface area contributed by atoms with Crippen LogP contribution < -0.4 is 4.74 Å². The van der Waals surface area contributed by atoms with Gasteiger partial charge in [0, 0.05) is 49.7 Å². The molecule has 0 radical (unpaired) electrons. The zero-order chi connectivity index (χ0) is 24.0. The number of halogens is 1. The molecule has 2 amide bonds. The van der Waals surface area contributed by atoms with Gasteiger partial charge >= 0.3 is 0 Å². The average molecular weight is 481 g/mol. The number of hydrogen-bond acceptors (Lipinski definition) is 4. The van der Waals surface area contributed by atoms with E-state index in [-0.39, 0.29) is 18.2 Å². The fraction of sp³-hybridized carbons (Fsp3) is 0.346. The molecule has 0 aliphatic carbocycles. The van der Waals surface area contributed by atoms with Gasteiger partial charge < -0.3 is 14.5 Å². The third kappa shape index (κ3) is 5.97. The number of ether oxygens (including phenoxy) is 1. The van der Waals surface area contributed by atoms with Gasteiger partial charge in [-0.3, -0.25) is 14.7 Å². The number of carbonyl (C=O) groups excluding carboxylic acids is 2. The minimum atomic E-state index is -0.516. The monoisotopic (exact) mass is 480 g/mol. The molecule has 178 valence electrons. The van der Waals surface area contributed by atoms with E-state index in [1.54, 1.807) is 34.2 Å². The number of hydrogen-bond donors (Lipinski definition) is 1. The van der Waals surface area contributed by atoms with Crippen LogP contribution in [0.1, 0.15) is 35.3 Å². The molecule has 1 aliphatic rings. The molecule has 1 fully saturated rings. The van der Waals surface area contributed by atoms with E-state index < -0.39 is 5.41 Å². The average Bonchev–Trinajstić information content (AvgIpc) is 3.38. The number of piperidine rings is 1. The van der Waals surface area contributed by atoms with Gasteiger partial charge in [-0.25, -0.2) is 0 Å². The highest BCUT2D eigenvalue weighted by Crippen LogP contribution is 2.36. The molecule has 1 aromatic heterocycles. The summed E-state index contributed by atoms with van der Waals surface area (Å²) >= 11 is 6.12. The maximum atomic E-state index is 13.3. The van der Waals surface area contributed by atoms with Crippen molar-refractivity contribution in [2.75, 3.05) is 26.7 Å². The normalized spacial score (nSPS) is 17.9. The molecular formula is C26H29ClN4O3. The van der Waals surface area contributed by atoms with Gasteiger partial charge in [0.25, 0.3) is 5.91 Å². The van der Waals surface area contributed by atoms with Crippen molar-refractivity contribution in [1.82, 2.24) is 20.0 Å². The number of amides is 2. The van der Waals surface area contributed by atoms with Gasteiger partial charge in [-0.05, 0) is 42.7 Å². The van der Waals surface area contributed by atoms with Crippen molar-refractivity contribution in [3.63, 3.8) is 0 Å². The molecule has 8 heteroatoms. The Hall–Kier alpha value is -3.32. The van der Waals surface area contributed by atoms with Gasteiger partial charge in [-0.1, -0.05) is 48.0 Å². The molecule has 4 rings (SSSR count). The molecule has 1 saturated heterocycles. The van der Waals surface area contributed by atoms with Crippen LogP contribution >= 0.6 is 11.6 Å². The predicted molar refractivity (Wildman–Crippen MR) is 131 cm³/mol. The molecule has 0 saturated carbocycles. The third-order valence-electron chi connectivity index (χ3n) is 6.24. The number of rotatable bonds is 8. The van der Waals surface area contributed by atoms with E-state index in [1.165, 1.54) is 0 Å². The van der Waals surface area contributed by atoms with Crippen LogP contribution in [0.5, 0.6) is 5.75 Å². The Morgan fingerprint density at radius 1 is 1.18 bits per heavy atom. The van der Waals surface area contributed by atoms with Crippen LogP contribution in [0.4, 0.5) is 0 Å². The first kappa shape index (κ1) is 23.8. The van der Waals surface area contributed by atoms with Crippen molar-refractivity contribution in [2.45, 2.75) is 25.8 Å². The van der Waals surface area contributed by atoms with Crippen LogP contribution in [0.3, 0.4) is 0 Å². The molecule has 1 N–H and O–H groups in total. The summed E-state index contributed by atoms with van der Waals surface area (Å²) in [6, 6.07) is 18.8. The van der Waals surface area contributed by atoms with Gasteiger partial charge in [0.15, 0.2) is 0 Å². The Morgan fingerprint density at radius 3 is 2.74 bits per heavy atom. The SMILES string of the molecule is CN(Cc1ccccc1)C(=O)CC1(COc2cccc(Cl)c2)CCCN(C(=O)c2ccn[nH]2)C1. The number of likely N-dealkylation sites (tertiary alicyclic amines) is 1. The summed E-state index contributed by atoms with van der Waals surface area (Å²) in [5, 5.41) is 7.24. The second-order valence-corrected chi connectivity index (χ2v) is 9.40. The van der Waals surface area contributed by atoms with Gasteiger partial charge in [0.1, 0.15) is 11.4 Å². The van der Waals surface area contributed by atoms with Crippen molar-refractivity contribution in [2.24, 2.45) is 5.41 Å². The van der Waals surface area contributed by atoms with E-state index in [4.69, 9.17) is 16.3 Å². The first-order valence-electron chi connectivity index (χ1n) is 11.4. The van der Waals surface area contributed by atoms with E-state index in [0.29, 0.717) is 42.7 Å². The van der Waals surface area contributed by atoms with Gasteiger partial charge in [-0.15, -0.1) is 0 Å². The third-order valence-corrected chi connectivity index (χ3v) is 6.47. The molecule has 1 aliphatic heterocycles. The van der Waals surface area contributed by atoms with Gasteiger partial charge in [-0.2, -0.15) is 5.10 Å². The first-order chi connectivity index (χ1) is 16.4. The van der Waals surface area contributed by atoms with Crippen LogP contribution in [0.15, 0.2) is 66.9 Å². The maximum absolute atomic E-state index is 13.3. The molecule has 1 unspecified atom stereocenters. The summed E-state index contributed by atoms with van der Waals surface area (Å²) in [6.07, 6.45) is 3.41. The number of H-pyrrole nitrogens is 1. The lowest BCUT2D eigenvalue weighted by Crippen LogP contribution is -2.50. The molecule has 7 nitrogen and oxygen atoms in total. The highest BCUT2D eigenvalue weighted by molar-refractivity contribution is 6.30. The molecular weight excluding hydrogens is 452 g/mol. The van der Waals surface area contributed by atoms with Crippen LogP contribution in [0.25, 0.3) is 0 Å². The number of nitrogens with one attached hydrogen (secondary N) is 1. The van der Waals surface area contributed by atoms with Crippen molar-refractivity contribution in [3.8, 4) is 5.75 Å². The van der Waals surface area contributed by atoms with Crippen LogP contribution in [-0.4, -0.2) is 58.6 Å². The second-order valence-electron chi connectivity index (χ2n) is 8.96. The highest BCUT2D eigenvalue weighted by Gasteiger charge is 2.41. The lowest BCUT2D eigenvalue weighted by atomic mass is 9.77. The fourth-order valence-corrected chi connectivity index (χ4v) is 4.61. The van der Waals surface area contributed by atoms with E-state index in [9.17, 15) is 9.59 Å². The minimum absolute atomic E-state index is 0.0226. The molecule has 0 spiro atoms. The molecule has 3 aromatic rings. The van der Waals surface area contributed by atoms with Crippen LogP contribution in [0, 0.1) is 5.41 Å². The molecule has 34 heavy (non-hydrogen) atoms. The Morgan fingerprint density at radius 2 is 2.00 bits per heavy atom. The molecule has 1 atom stereocenters. The lowest BCUT2D eigenvalue weighted by molar-refractivity contribution is -0.134. The van der Waals surface area contributed by atoms with E-state index in [1.807, 2.05) is 49.5 Å². The molecule has 0 bridgehead atoms. The summed E-state index contributed by atoms with van der Waals surface area (Å²) in [7, 11) is 1.82. The molecule has 2 aromatic carbocycles. The smallest absolute Gasteiger partial charge is 0.271 e. The Labute approximate surface area is 204 Å². The van der Waals surface area contributed by atoms with Gasteiger partial charge in [0.2, 0.25) is 5.91 Å². The lowest BCUT2D eigenvalue weighted by Gasteiger charge is -2.42. The van der Waals surface area contributed by atoms with Crippen LogP contribution in [0.2, 0.25) is 5.02 Å². The van der Waals surface area contributed by atoms with Crippen molar-refractivity contribution in [1.29, 1.82) is 0 Å². The number of aromatic amines is 1. The first-order valence-corrected chi connectivity index (χ1v) is 11.8. The van der Waals surface area contributed by atoms with Crippen molar-refractivity contribution >= 4 is 23.4 Å². The summed E-state index contributed by atoms with van der Waals surface area (Å²) < 4.78 is 6.13. The standard InChI is InChI=1S/C26H29ClN4O3/c1-30(17-20-7-3-2-4-8-20)24(32)16-26(19-34-22-10-5-9-21(27)15-22)12-6-14-31(18-26)25(33)23-11-13-28-29-23/h2-5,7-11,13,15H,6,12,14,16-19H2,1H3,(H,28,29). The van der Waals surface area contributed by atoms with E-state index >= 15 is 0 Å². The Kier molecular flexibility index (Phi) is 7.53. The highest BCUT2D eigenvalue weighted by atomic mass is 35.5. The zero-order valence-electron chi connectivity index (χ0n) is 19.2.